The molecule has 120 valence electrons. The summed E-state index contributed by atoms with van der Waals surface area (Å²) in [6.07, 6.45) is 4.47. The van der Waals surface area contributed by atoms with Gasteiger partial charge in [-0.2, -0.15) is 0 Å². The highest BCUT2D eigenvalue weighted by Gasteiger charge is 2.34. The standard InChI is InChI=1S/C17H22FNO3/c1-3-17(4-2,16(21)22)12-19-15(20)7-5-6-13-8-10-14(18)11-9-13/h5-6,8-11H,3-4,7,12H2,1-2H3,(H,19,20)(H,21,22)/b6-5+. The van der Waals surface area contributed by atoms with Crippen molar-refractivity contribution in [2.24, 2.45) is 5.41 Å². The van der Waals surface area contributed by atoms with Gasteiger partial charge in [-0.25, -0.2) is 4.39 Å². The lowest BCUT2D eigenvalue weighted by atomic mass is 9.82. The van der Waals surface area contributed by atoms with E-state index in [0.29, 0.717) is 12.8 Å². The molecule has 0 radical (unpaired) electrons. The quantitative estimate of drug-likeness (QED) is 0.775. The van der Waals surface area contributed by atoms with Crippen LogP contribution in [0, 0.1) is 11.2 Å². The summed E-state index contributed by atoms with van der Waals surface area (Å²) < 4.78 is 12.7. The number of benzene rings is 1. The van der Waals surface area contributed by atoms with Crippen LogP contribution in [0.5, 0.6) is 0 Å². The van der Waals surface area contributed by atoms with Crippen LogP contribution in [0.15, 0.2) is 30.3 Å². The fourth-order valence-electron chi connectivity index (χ4n) is 2.09. The highest BCUT2D eigenvalue weighted by molar-refractivity contribution is 5.80. The smallest absolute Gasteiger partial charge is 0.311 e. The molecule has 4 nitrogen and oxygen atoms in total. The summed E-state index contributed by atoms with van der Waals surface area (Å²) in [5.41, 5.74) is -0.104. The van der Waals surface area contributed by atoms with Crippen molar-refractivity contribution in [2.75, 3.05) is 6.54 Å². The first-order valence-electron chi connectivity index (χ1n) is 7.35. The predicted molar refractivity (Wildman–Crippen MR) is 83.7 cm³/mol. The molecule has 1 aromatic rings. The number of carboxylic acid groups (broad SMARTS) is 1. The Labute approximate surface area is 130 Å². The van der Waals surface area contributed by atoms with Crippen molar-refractivity contribution >= 4 is 18.0 Å². The molecule has 0 bridgehead atoms. The number of hydrogen-bond donors (Lipinski definition) is 2. The van der Waals surface area contributed by atoms with Crippen molar-refractivity contribution in [1.82, 2.24) is 5.32 Å². The Balaban J connectivity index is 2.49. The van der Waals surface area contributed by atoms with E-state index in [4.69, 9.17) is 0 Å². The average Bonchev–Trinajstić information content (AvgIpc) is 2.50. The number of rotatable bonds is 8. The molecule has 1 amide bonds. The van der Waals surface area contributed by atoms with Crippen molar-refractivity contribution in [3.8, 4) is 0 Å². The zero-order valence-corrected chi connectivity index (χ0v) is 12.9. The van der Waals surface area contributed by atoms with Gasteiger partial charge in [-0.1, -0.05) is 38.1 Å². The lowest BCUT2D eigenvalue weighted by Gasteiger charge is -2.26. The van der Waals surface area contributed by atoms with E-state index in [1.54, 1.807) is 38.1 Å². The highest BCUT2D eigenvalue weighted by atomic mass is 19.1. The molecule has 0 saturated heterocycles. The summed E-state index contributed by atoms with van der Waals surface area (Å²) >= 11 is 0. The zero-order chi connectivity index (χ0) is 16.6. The Bertz CT molecular complexity index is 533. The van der Waals surface area contributed by atoms with Crippen LogP contribution in [0.4, 0.5) is 4.39 Å². The van der Waals surface area contributed by atoms with Crippen LogP contribution in [0.25, 0.3) is 6.08 Å². The van der Waals surface area contributed by atoms with E-state index < -0.39 is 11.4 Å². The third-order valence-electron chi connectivity index (χ3n) is 3.91. The van der Waals surface area contributed by atoms with Crippen LogP contribution in [-0.4, -0.2) is 23.5 Å². The van der Waals surface area contributed by atoms with Crippen molar-refractivity contribution < 1.29 is 19.1 Å². The summed E-state index contributed by atoms with van der Waals surface area (Å²) in [5, 5.41) is 12.0. The minimum Gasteiger partial charge on any atom is -0.481 e. The molecule has 22 heavy (non-hydrogen) atoms. The van der Waals surface area contributed by atoms with Gasteiger partial charge in [-0.15, -0.1) is 0 Å². The fraction of sp³-hybridized carbons (Fsp3) is 0.412. The first-order chi connectivity index (χ1) is 10.4. The molecular weight excluding hydrogens is 285 g/mol. The van der Waals surface area contributed by atoms with Gasteiger partial charge in [0.1, 0.15) is 5.82 Å². The lowest BCUT2D eigenvalue weighted by Crippen LogP contribution is -2.42. The van der Waals surface area contributed by atoms with Gasteiger partial charge in [-0.05, 0) is 30.5 Å². The average molecular weight is 307 g/mol. The van der Waals surface area contributed by atoms with Crippen LogP contribution in [0.1, 0.15) is 38.7 Å². The van der Waals surface area contributed by atoms with E-state index in [0.717, 1.165) is 5.56 Å². The van der Waals surface area contributed by atoms with Gasteiger partial charge in [0.2, 0.25) is 5.91 Å². The van der Waals surface area contributed by atoms with Gasteiger partial charge in [0.05, 0.1) is 5.41 Å². The maximum Gasteiger partial charge on any atom is 0.311 e. The molecule has 0 aliphatic rings. The monoisotopic (exact) mass is 307 g/mol. The molecule has 0 atom stereocenters. The van der Waals surface area contributed by atoms with Gasteiger partial charge in [0.15, 0.2) is 0 Å². The third kappa shape index (κ3) is 4.98. The second-order valence-corrected chi connectivity index (χ2v) is 5.23. The zero-order valence-electron chi connectivity index (χ0n) is 12.9. The second-order valence-electron chi connectivity index (χ2n) is 5.23. The first kappa shape index (κ1) is 17.9. The molecule has 0 aliphatic heterocycles. The van der Waals surface area contributed by atoms with Crippen LogP contribution < -0.4 is 5.32 Å². The van der Waals surface area contributed by atoms with Gasteiger partial charge < -0.3 is 10.4 Å². The molecule has 0 heterocycles. The van der Waals surface area contributed by atoms with Crippen molar-refractivity contribution in [2.45, 2.75) is 33.1 Å². The van der Waals surface area contributed by atoms with Crippen LogP contribution >= 0.6 is 0 Å². The third-order valence-corrected chi connectivity index (χ3v) is 3.91. The van der Waals surface area contributed by atoms with E-state index in [2.05, 4.69) is 5.32 Å². The molecule has 0 spiro atoms. The Morgan fingerprint density at radius 2 is 1.82 bits per heavy atom. The number of carbonyl (C=O) groups is 2. The molecule has 5 heteroatoms. The van der Waals surface area contributed by atoms with Crippen molar-refractivity contribution in [1.29, 1.82) is 0 Å². The maximum absolute atomic E-state index is 12.7. The molecule has 2 N–H and O–H groups in total. The number of hydrogen-bond acceptors (Lipinski definition) is 2. The number of halogens is 1. The molecule has 1 rings (SSSR count). The van der Waals surface area contributed by atoms with Gasteiger partial charge >= 0.3 is 5.97 Å². The van der Waals surface area contributed by atoms with E-state index in [-0.39, 0.29) is 24.7 Å². The number of nitrogens with one attached hydrogen (secondary N) is 1. The van der Waals surface area contributed by atoms with E-state index in [9.17, 15) is 19.1 Å². The highest BCUT2D eigenvalue weighted by Crippen LogP contribution is 2.25. The van der Waals surface area contributed by atoms with Crippen LogP contribution in [0.2, 0.25) is 0 Å². The second kappa shape index (κ2) is 8.32. The summed E-state index contributed by atoms with van der Waals surface area (Å²) in [6, 6.07) is 5.94. The molecule has 0 unspecified atom stereocenters. The minimum atomic E-state index is -0.906. The topological polar surface area (TPSA) is 66.4 Å². The van der Waals surface area contributed by atoms with Crippen molar-refractivity contribution in [3.63, 3.8) is 0 Å². The van der Waals surface area contributed by atoms with Crippen LogP contribution in [-0.2, 0) is 9.59 Å². The largest absolute Gasteiger partial charge is 0.481 e. The maximum atomic E-state index is 12.7. The molecule has 0 fully saturated rings. The molecular formula is C17H22FNO3. The number of amides is 1. The van der Waals surface area contributed by atoms with Crippen molar-refractivity contribution in [3.05, 3.63) is 41.7 Å². The van der Waals surface area contributed by atoms with E-state index in [1.165, 1.54) is 12.1 Å². The fourth-order valence-corrected chi connectivity index (χ4v) is 2.09. The van der Waals surface area contributed by atoms with E-state index in [1.807, 2.05) is 0 Å². The Morgan fingerprint density at radius 1 is 1.23 bits per heavy atom. The van der Waals surface area contributed by atoms with Gasteiger partial charge in [-0.3, -0.25) is 9.59 Å². The molecule has 1 aromatic carbocycles. The summed E-state index contributed by atoms with van der Waals surface area (Å²) in [7, 11) is 0. The summed E-state index contributed by atoms with van der Waals surface area (Å²) in [6.45, 7) is 3.73. The lowest BCUT2D eigenvalue weighted by molar-refractivity contribution is -0.149. The molecule has 0 aliphatic carbocycles. The molecule has 0 aromatic heterocycles. The summed E-state index contributed by atoms with van der Waals surface area (Å²) in [4.78, 5) is 23.1. The Kier molecular flexibility index (Phi) is 6.76. The number of carbonyl (C=O) groups excluding carboxylic acids is 1. The van der Waals surface area contributed by atoms with Crippen LogP contribution in [0.3, 0.4) is 0 Å². The molecule has 0 saturated carbocycles. The Morgan fingerprint density at radius 3 is 2.32 bits per heavy atom. The predicted octanol–water partition coefficient (Wildman–Crippen LogP) is 3.24. The first-order valence-corrected chi connectivity index (χ1v) is 7.35. The van der Waals surface area contributed by atoms with Gasteiger partial charge in [0, 0.05) is 13.0 Å². The van der Waals surface area contributed by atoms with E-state index >= 15 is 0 Å². The Hall–Kier alpha value is -2.17. The van der Waals surface area contributed by atoms with Gasteiger partial charge in [0.25, 0.3) is 0 Å². The number of carboxylic acids is 1. The summed E-state index contributed by atoms with van der Waals surface area (Å²) in [5.74, 6) is -1.43. The SMILES string of the molecule is CCC(CC)(CNC(=O)C/C=C/c1ccc(F)cc1)C(=O)O. The number of aliphatic carboxylic acids is 1. The minimum absolute atomic E-state index is 0.124. The normalized spacial score (nSPS) is 11.6.